The summed E-state index contributed by atoms with van der Waals surface area (Å²) in [6.07, 6.45) is 1.96. The van der Waals surface area contributed by atoms with E-state index in [9.17, 15) is 14.7 Å². The molecular weight excluding hydrogens is 478 g/mol. The summed E-state index contributed by atoms with van der Waals surface area (Å²) >= 11 is 1.42. The molecule has 2 amide bonds. The van der Waals surface area contributed by atoms with E-state index < -0.39 is 0 Å². The first-order valence-electron chi connectivity index (χ1n) is 12.7. The van der Waals surface area contributed by atoms with Crippen molar-refractivity contribution in [2.45, 2.75) is 58.2 Å². The monoisotopic (exact) mass is 515 g/mol. The highest BCUT2D eigenvalue weighted by Crippen LogP contribution is 2.27. The maximum atomic E-state index is 13.1. The largest absolute Gasteiger partial charge is 0.393 e. The molecule has 9 nitrogen and oxygen atoms in total. The number of ether oxygens (including phenoxy) is 1. The van der Waals surface area contributed by atoms with E-state index in [0.29, 0.717) is 56.1 Å². The number of hydrogen-bond donors (Lipinski definition) is 3. The van der Waals surface area contributed by atoms with Crippen molar-refractivity contribution >= 4 is 34.0 Å². The molecule has 2 aliphatic rings. The van der Waals surface area contributed by atoms with Crippen LogP contribution in [0.3, 0.4) is 0 Å². The summed E-state index contributed by atoms with van der Waals surface area (Å²) in [5.74, 6) is -0.553. The number of anilines is 2. The van der Waals surface area contributed by atoms with Crippen LogP contribution in [0.4, 0.5) is 10.8 Å². The van der Waals surface area contributed by atoms with Crippen LogP contribution in [0, 0.1) is 0 Å². The first-order valence-corrected chi connectivity index (χ1v) is 13.6. The van der Waals surface area contributed by atoms with Crippen molar-refractivity contribution in [3.8, 4) is 0 Å². The van der Waals surface area contributed by atoms with Crippen molar-refractivity contribution in [1.82, 2.24) is 15.2 Å². The molecule has 3 N–H and O–H groups in total. The molecule has 10 heteroatoms. The fourth-order valence-corrected chi connectivity index (χ4v) is 5.34. The van der Waals surface area contributed by atoms with Crippen LogP contribution in [0.5, 0.6) is 0 Å². The molecule has 0 atom stereocenters. The second kappa shape index (κ2) is 11.7. The smallest absolute Gasteiger partial charge is 0.275 e. The van der Waals surface area contributed by atoms with E-state index in [0.717, 1.165) is 36.8 Å². The lowest BCUT2D eigenvalue weighted by Gasteiger charge is -2.42. The van der Waals surface area contributed by atoms with Gasteiger partial charge in [0.25, 0.3) is 11.8 Å². The standard InChI is InChI=1S/C26H37N5O4S/c1-4-9-27-23(33)20-14-18(15-31-12-13-35-17-26(31,2)3)5-6-21(20)28-24(34)22-16-36-25(29-22)30-10-7-19(32)8-11-30/h5-6,14,16,19,32H,4,7-13,15,17H2,1-3H3,(H,27,33)(H,28,34). The van der Waals surface area contributed by atoms with Crippen molar-refractivity contribution in [2.24, 2.45) is 0 Å². The van der Waals surface area contributed by atoms with Crippen LogP contribution in [-0.4, -0.2) is 77.8 Å². The lowest BCUT2D eigenvalue weighted by Crippen LogP contribution is -2.52. The molecule has 0 spiro atoms. The number of rotatable bonds is 8. The molecule has 0 aliphatic carbocycles. The Morgan fingerprint density at radius 2 is 2.00 bits per heavy atom. The number of amides is 2. The van der Waals surface area contributed by atoms with Crippen molar-refractivity contribution in [3.05, 3.63) is 40.4 Å². The summed E-state index contributed by atoms with van der Waals surface area (Å²) in [6.45, 7) is 11.2. The van der Waals surface area contributed by atoms with Gasteiger partial charge in [0.1, 0.15) is 5.69 Å². The molecule has 2 aromatic rings. The zero-order valence-electron chi connectivity index (χ0n) is 21.4. The van der Waals surface area contributed by atoms with E-state index in [1.807, 2.05) is 19.1 Å². The second-order valence-corrected chi connectivity index (χ2v) is 10.9. The van der Waals surface area contributed by atoms with Crippen molar-refractivity contribution in [2.75, 3.05) is 49.6 Å². The zero-order valence-corrected chi connectivity index (χ0v) is 22.2. The van der Waals surface area contributed by atoms with Gasteiger partial charge in [-0.25, -0.2) is 4.98 Å². The van der Waals surface area contributed by atoms with E-state index in [1.54, 1.807) is 11.4 Å². The topological polar surface area (TPSA) is 107 Å². The molecule has 4 rings (SSSR count). The summed E-state index contributed by atoms with van der Waals surface area (Å²) in [5, 5.41) is 18.1. The van der Waals surface area contributed by atoms with Gasteiger partial charge in [-0.05, 0) is 50.8 Å². The number of morpholine rings is 1. The molecule has 0 unspecified atom stereocenters. The molecule has 1 aromatic heterocycles. The van der Waals surface area contributed by atoms with E-state index >= 15 is 0 Å². The predicted molar refractivity (Wildman–Crippen MR) is 142 cm³/mol. The first-order chi connectivity index (χ1) is 17.3. The summed E-state index contributed by atoms with van der Waals surface area (Å²) in [7, 11) is 0. The predicted octanol–water partition coefficient (Wildman–Crippen LogP) is 3.11. The highest BCUT2D eigenvalue weighted by Gasteiger charge is 2.30. The van der Waals surface area contributed by atoms with Gasteiger partial charge in [0.05, 0.1) is 30.6 Å². The Hall–Kier alpha value is -2.53. The van der Waals surface area contributed by atoms with Gasteiger partial charge in [-0.2, -0.15) is 0 Å². The summed E-state index contributed by atoms with van der Waals surface area (Å²) in [4.78, 5) is 35.0. The summed E-state index contributed by atoms with van der Waals surface area (Å²) < 4.78 is 5.64. The minimum Gasteiger partial charge on any atom is -0.393 e. The lowest BCUT2D eigenvalue weighted by atomic mass is 10.00. The Kier molecular flexibility index (Phi) is 8.61. The van der Waals surface area contributed by atoms with Crippen molar-refractivity contribution in [1.29, 1.82) is 0 Å². The van der Waals surface area contributed by atoms with Gasteiger partial charge in [0.2, 0.25) is 0 Å². The van der Waals surface area contributed by atoms with Crippen LogP contribution < -0.4 is 15.5 Å². The highest BCUT2D eigenvalue weighted by molar-refractivity contribution is 7.14. The number of piperidine rings is 1. The number of nitrogens with one attached hydrogen (secondary N) is 2. The number of carbonyl (C=O) groups excluding carboxylic acids is 2. The number of nitrogens with zero attached hydrogens (tertiary/aromatic N) is 3. The van der Waals surface area contributed by atoms with Crippen molar-refractivity contribution < 1.29 is 19.4 Å². The molecule has 0 saturated carbocycles. The molecule has 0 bridgehead atoms. The Balaban J connectivity index is 1.51. The maximum absolute atomic E-state index is 13.1. The zero-order chi connectivity index (χ0) is 25.7. The number of carbonyl (C=O) groups is 2. The lowest BCUT2D eigenvalue weighted by molar-refractivity contribution is -0.0552. The molecule has 0 radical (unpaired) electrons. The molecule has 3 heterocycles. The summed E-state index contributed by atoms with van der Waals surface area (Å²) in [5.41, 5.74) is 2.15. The third-order valence-corrected chi connectivity index (χ3v) is 7.66. The third kappa shape index (κ3) is 6.42. The molecule has 36 heavy (non-hydrogen) atoms. The van der Waals surface area contributed by atoms with Crippen LogP contribution >= 0.6 is 11.3 Å². The molecule has 2 fully saturated rings. The van der Waals surface area contributed by atoms with Gasteiger partial charge in [0, 0.05) is 43.6 Å². The van der Waals surface area contributed by atoms with Gasteiger partial charge >= 0.3 is 0 Å². The average molecular weight is 516 g/mol. The quantitative estimate of drug-likeness (QED) is 0.496. The molecular formula is C26H37N5O4S. The van der Waals surface area contributed by atoms with Gasteiger partial charge in [-0.15, -0.1) is 11.3 Å². The maximum Gasteiger partial charge on any atom is 0.275 e. The first kappa shape index (κ1) is 26.5. The van der Waals surface area contributed by atoms with Gasteiger partial charge in [0.15, 0.2) is 5.13 Å². The molecule has 1 aromatic carbocycles. The Bertz CT molecular complexity index is 1060. The average Bonchev–Trinajstić information content (AvgIpc) is 3.35. The Morgan fingerprint density at radius 1 is 1.22 bits per heavy atom. The van der Waals surface area contributed by atoms with Gasteiger partial charge in [-0.3, -0.25) is 14.5 Å². The van der Waals surface area contributed by atoms with Crippen LogP contribution in [0.25, 0.3) is 0 Å². The SMILES string of the molecule is CCCNC(=O)c1cc(CN2CCOCC2(C)C)ccc1NC(=O)c1csc(N2CCC(O)CC2)n1. The van der Waals surface area contributed by atoms with Gasteiger partial charge in [-0.1, -0.05) is 13.0 Å². The number of benzene rings is 1. The third-order valence-electron chi connectivity index (χ3n) is 6.76. The van der Waals surface area contributed by atoms with E-state index in [2.05, 4.69) is 39.3 Å². The number of aliphatic hydroxyl groups excluding tert-OH is 1. The Morgan fingerprint density at radius 3 is 2.72 bits per heavy atom. The highest BCUT2D eigenvalue weighted by atomic mass is 32.1. The summed E-state index contributed by atoms with van der Waals surface area (Å²) in [6, 6.07) is 5.64. The van der Waals surface area contributed by atoms with E-state index in [4.69, 9.17) is 4.74 Å². The van der Waals surface area contributed by atoms with E-state index in [1.165, 1.54) is 11.3 Å². The second-order valence-electron chi connectivity index (χ2n) is 10.1. The van der Waals surface area contributed by atoms with Gasteiger partial charge < -0.3 is 25.4 Å². The fourth-order valence-electron chi connectivity index (χ4n) is 4.48. The fraction of sp³-hybridized carbons (Fsp3) is 0.577. The van der Waals surface area contributed by atoms with Crippen LogP contribution in [0.1, 0.15) is 66.4 Å². The number of hydrogen-bond acceptors (Lipinski definition) is 8. The van der Waals surface area contributed by atoms with E-state index in [-0.39, 0.29) is 23.5 Å². The minimum absolute atomic E-state index is 0.0927. The molecule has 2 saturated heterocycles. The number of aromatic nitrogens is 1. The molecule has 2 aliphatic heterocycles. The minimum atomic E-state index is -0.346. The number of aliphatic hydroxyl groups is 1. The van der Waals surface area contributed by atoms with Crippen LogP contribution in [-0.2, 0) is 11.3 Å². The normalized spacial score (nSPS) is 18.7. The Labute approximate surface area is 216 Å². The number of thiazole rings is 1. The van der Waals surface area contributed by atoms with Crippen LogP contribution in [0.15, 0.2) is 23.6 Å². The molecule has 196 valence electrons. The van der Waals surface area contributed by atoms with Crippen molar-refractivity contribution in [3.63, 3.8) is 0 Å². The van der Waals surface area contributed by atoms with Crippen LogP contribution in [0.2, 0.25) is 0 Å².